The minimum absolute atomic E-state index is 0.273. The lowest BCUT2D eigenvalue weighted by Crippen LogP contribution is -2.10. The Kier molecular flexibility index (Phi) is 1.84. The van der Waals surface area contributed by atoms with Crippen LogP contribution >= 0.6 is 0 Å². The van der Waals surface area contributed by atoms with E-state index in [0.717, 1.165) is 0 Å². The summed E-state index contributed by atoms with van der Waals surface area (Å²) >= 11 is 0. The van der Waals surface area contributed by atoms with Crippen LogP contribution in [0.25, 0.3) is 0 Å². The lowest BCUT2D eigenvalue weighted by atomic mass is 10.4. The van der Waals surface area contributed by atoms with Gasteiger partial charge >= 0.3 is 0 Å². The minimum atomic E-state index is -0.297. The zero-order valence-electron chi connectivity index (χ0n) is 6.65. The highest BCUT2D eigenvalue weighted by Crippen LogP contribution is 2.04. The van der Waals surface area contributed by atoms with Gasteiger partial charge in [-0.3, -0.25) is 4.79 Å². The van der Waals surface area contributed by atoms with Crippen molar-refractivity contribution in [3.8, 4) is 0 Å². The summed E-state index contributed by atoms with van der Waals surface area (Å²) in [5.41, 5.74) is 0. The van der Waals surface area contributed by atoms with E-state index in [0.29, 0.717) is 5.82 Å². The summed E-state index contributed by atoms with van der Waals surface area (Å²) in [5, 5.41) is 2.57. The fourth-order valence-electron chi connectivity index (χ4n) is 0.916. The summed E-state index contributed by atoms with van der Waals surface area (Å²) in [4.78, 5) is 17.8. The minimum Gasteiger partial charge on any atom is -0.459 e. The van der Waals surface area contributed by atoms with Crippen molar-refractivity contribution >= 4 is 11.7 Å². The Morgan fingerprint density at radius 1 is 1.62 bits per heavy atom. The predicted octanol–water partition coefficient (Wildman–Crippen LogP) is 1.25. The Balaban J connectivity index is 2.08. The van der Waals surface area contributed by atoms with Crippen LogP contribution < -0.4 is 5.32 Å². The van der Waals surface area contributed by atoms with Gasteiger partial charge in [-0.2, -0.15) is 0 Å². The molecule has 0 saturated carbocycles. The number of aromatic nitrogens is 2. The van der Waals surface area contributed by atoms with Crippen molar-refractivity contribution in [2.24, 2.45) is 0 Å². The van der Waals surface area contributed by atoms with Gasteiger partial charge in [0.15, 0.2) is 5.76 Å². The van der Waals surface area contributed by atoms with Crippen LogP contribution in [0.2, 0.25) is 0 Å². The summed E-state index contributed by atoms with van der Waals surface area (Å²) in [6, 6.07) is 3.24. The molecule has 2 rings (SSSR count). The maximum atomic E-state index is 11.3. The summed E-state index contributed by atoms with van der Waals surface area (Å²) in [5.74, 6) is 0.519. The van der Waals surface area contributed by atoms with Gasteiger partial charge in [-0.25, -0.2) is 4.98 Å². The Morgan fingerprint density at radius 3 is 3.15 bits per heavy atom. The number of amides is 1. The Morgan fingerprint density at radius 2 is 2.54 bits per heavy atom. The monoisotopic (exact) mass is 177 g/mol. The number of carbonyl (C=O) groups is 1. The molecule has 0 spiro atoms. The molecule has 0 aromatic carbocycles. The molecule has 2 N–H and O–H groups in total. The van der Waals surface area contributed by atoms with E-state index in [1.807, 2.05) is 0 Å². The number of H-pyrrole nitrogens is 1. The van der Waals surface area contributed by atoms with E-state index in [-0.39, 0.29) is 11.7 Å². The van der Waals surface area contributed by atoms with Crippen LogP contribution in [0, 0.1) is 0 Å². The van der Waals surface area contributed by atoms with Crippen LogP contribution in [-0.4, -0.2) is 15.9 Å². The Labute approximate surface area is 73.8 Å². The van der Waals surface area contributed by atoms with Crippen molar-refractivity contribution in [3.05, 3.63) is 36.7 Å². The first-order valence-electron chi connectivity index (χ1n) is 3.69. The molecule has 5 nitrogen and oxygen atoms in total. The van der Waals surface area contributed by atoms with Gasteiger partial charge in [0, 0.05) is 0 Å². The van der Waals surface area contributed by atoms with Crippen molar-refractivity contribution < 1.29 is 9.21 Å². The second-order valence-corrected chi connectivity index (χ2v) is 2.40. The van der Waals surface area contributed by atoms with Crippen molar-refractivity contribution in [2.75, 3.05) is 5.32 Å². The van der Waals surface area contributed by atoms with Crippen molar-refractivity contribution in [1.29, 1.82) is 0 Å². The number of nitrogens with one attached hydrogen (secondary N) is 2. The molecule has 13 heavy (non-hydrogen) atoms. The van der Waals surface area contributed by atoms with Crippen LogP contribution in [0.3, 0.4) is 0 Å². The molecule has 66 valence electrons. The predicted molar refractivity (Wildman–Crippen MR) is 45.2 cm³/mol. The fourth-order valence-corrected chi connectivity index (χ4v) is 0.916. The SMILES string of the molecule is O=C(Nc1cnc[nH]1)c1ccco1. The first kappa shape index (κ1) is 7.60. The number of rotatable bonds is 2. The third-order valence-corrected chi connectivity index (χ3v) is 1.49. The molecule has 0 saturated heterocycles. The highest BCUT2D eigenvalue weighted by Gasteiger charge is 2.08. The summed E-state index contributed by atoms with van der Waals surface area (Å²) in [6.07, 6.45) is 4.44. The van der Waals surface area contributed by atoms with Crippen molar-refractivity contribution in [1.82, 2.24) is 9.97 Å². The lowest BCUT2D eigenvalue weighted by Gasteiger charge is -1.97. The van der Waals surface area contributed by atoms with Gasteiger partial charge in [-0.05, 0) is 12.1 Å². The number of carbonyl (C=O) groups excluding carboxylic acids is 1. The van der Waals surface area contributed by atoms with E-state index in [2.05, 4.69) is 15.3 Å². The average molecular weight is 177 g/mol. The van der Waals surface area contributed by atoms with E-state index in [9.17, 15) is 4.79 Å². The van der Waals surface area contributed by atoms with Gasteiger partial charge in [-0.1, -0.05) is 0 Å². The zero-order valence-corrected chi connectivity index (χ0v) is 6.65. The lowest BCUT2D eigenvalue weighted by molar-refractivity contribution is 0.0996. The molecule has 2 aromatic heterocycles. The topological polar surface area (TPSA) is 70.9 Å². The molecule has 0 unspecified atom stereocenters. The molecule has 1 amide bonds. The third-order valence-electron chi connectivity index (χ3n) is 1.49. The maximum Gasteiger partial charge on any atom is 0.292 e. The molecule has 5 heteroatoms. The van der Waals surface area contributed by atoms with E-state index in [1.54, 1.807) is 12.1 Å². The number of furan rings is 1. The van der Waals surface area contributed by atoms with Gasteiger partial charge in [0.05, 0.1) is 18.8 Å². The second-order valence-electron chi connectivity index (χ2n) is 2.40. The number of aromatic amines is 1. The number of hydrogen-bond donors (Lipinski definition) is 2. The van der Waals surface area contributed by atoms with Gasteiger partial charge in [0.25, 0.3) is 5.91 Å². The van der Waals surface area contributed by atoms with Crippen LogP contribution in [0.5, 0.6) is 0 Å². The van der Waals surface area contributed by atoms with Crippen LogP contribution in [0.15, 0.2) is 35.3 Å². The molecule has 2 heterocycles. The standard InChI is InChI=1S/C8H7N3O2/c12-8(6-2-1-3-13-6)11-7-4-9-5-10-7/h1-5H,(H,9,10)(H,11,12). The quantitative estimate of drug-likeness (QED) is 0.725. The molecule has 0 fully saturated rings. The average Bonchev–Trinajstić information content (AvgIpc) is 2.74. The van der Waals surface area contributed by atoms with Gasteiger partial charge in [0.2, 0.25) is 0 Å². The second kappa shape index (κ2) is 3.14. The molecule has 0 radical (unpaired) electrons. The van der Waals surface area contributed by atoms with Crippen LogP contribution in [0.4, 0.5) is 5.82 Å². The summed E-state index contributed by atoms with van der Waals surface area (Å²) in [6.45, 7) is 0. The van der Waals surface area contributed by atoms with Gasteiger partial charge in [0.1, 0.15) is 5.82 Å². The van der Waals surface area contributed by atoms with Crippen molar-refractivity contribution in [2.45, 2.75) is 0 Å². The normalized spacial score (nSPS) is 9.85. The smallest absolute Gasteiger partial charge is 0.292 e. The molecular formula is C8H7N3O2. The first-order valence-corrected chi connectivity index (χ1v) is 3.69. The number of nitrogens with zero attached hydrogens (tertiary/aromatic N) is 1. The highest BCUT2D eigenvalue weighted by molar-refractivity contribution is 6.01. The van der Waals surface area contributed by atoms with Crippen LogP contribution in [-0.2, 0) is 0 Å². The van der Waals surface area contributed by atoms with Gasteiger partial charge in [-0.15, -0.1) is 0 Å². The summed E-state index contributed by atoms with van der Waals surface area (Å²) < 4.78 is 4.90. The highest BCUT2D eigenvalue weighted by atomic mass is 16.3. The van der Waals surface area contributed by atoms with Crippen LogP contribution in [0.1, 0.15) is 10.6 Å². The van der Waals surface area contributed by atoms with E-state index < -0.39 is 0 Å². The number of hydrogen-bond acceptors (Lipinski definition) is 3. The molecule has 0 aliphatic heterocycles. The van der Waals surface area contributed by atoms with Gasteiger partial charge < -0.3 is 14.7 Å². The molecule has 0 bridgehead atoms. The Bertz CT molecular complexity index is 377. The molecular weight excluding hydrogens is 170 g/mol. The van der Waals surface area contributed by atoms with E-state index in [4.69, 9.17) is 4.42 Å². The largest absolute Gasteiger partial charge is 0.459 e. The number of anilines is 1. The van der Waals surface area contributed by atoms with Crippen molar-refractivity contribution in [3.63, 3.8) is 0 Å². The maximum absolute atomic E-state index is 11.3. The first-order chi connectivity index (χ1) is 6.36. The van der Waals surface area contributed by atoms with E-state index in [1.165, 1.54) is 18.8 Å². The third kappa shape index (κ3) is 1.58. The van der Waals surface area contributed by atoms with E-state index >= 15 is 0 Å². The molecule has 0 aliphatic carbocycles. The summed E-state index contributed by atoms with van der Waals surface area (Å²) in [7, 11) is 0. The zero-order chi connectivity index (χ0) is 9.10. The molecule has 0 atom stereocenters. The fraction of sp³-hybridized carbons (Fsp3) is 0. The Hall–Kier alpha value is -2.04. The number of imidazole rings is 1. The molecule has 0 aliphatic rings. The molecule has 2 aromatic rings.